The monoisotopic (exact) mass is 268 g/mol. The van der Waals surface area contributed by atoms with E-state index in [1.807, 2.05) is 6.07 Å². The first-order chi connectivity index (χ1) is 8.45. The van der Waals surface area contributed by atoms with Gasteiger partial charge in [0.25, 0.3) is 0 Å². The number of aromatic nitrogens is 1. The second-order valence-corrected chi connectivity index (χ2v) is 5.80. The van der Waals surface area contributed by atoms with Gasteiger partial charge in [-0.05, 0) is 19.1 Å². The van der Waals surface area contributed by atoms with Gasteiger partial charge in [0.1, 0.15) is 10.7 Å². The van der Waals surface area contributed by atoms with Crippen LogP contribution in [-0.4, -0.2) is 37.8 Å². The SMILES string of the molecule is CNc1ncccc1S(=O)(=O)N(C)C(C)CC#N. The molecule has 0 amide bonds. The van der Waals surface area contributed by atoms with E-state index in [4.69, 9.17) is 5.26 Å². The molecule has 0 aliphatic carbocycles. The number of sulfonamides is 1. The van der Waals surface area contributed by atoms with Crippen molar-refractivity contribution in [1.82, 2.24) is 9.29 Å². The minimum atomic E-state index is -3.65. The number of nitriles is 1. The van der Waals surface area contributed by atoms with Crippen molar-refractivity contribution in [2.45, 2.75) is 24.3 Å². The molecule has 1 atom stereocenters. The number of nitrogens with one attached hydrogen (secondary N) is 1. The molecular formula is C11H16N4O2S. The first kappa shape index (κ1) is 14.4. The zero-order valence-corrected chi connectivity index (χ0v) is 11.4. The Labute approximate surface area is 107 Å². The second-order valence-electron chi connectivity index (χ2n) is 3.83. The Hall–Kier alpha value is -1.65. The van der Waals surface area contributed by atoms with Crippen molar-refractivity contribution in [2.75, 3.05) is 19.4 Å². The molecule has 1 N–H and O–H groups in total. The minimum absolute atomic E-state index is 0.111. The summed E-state index contributed by atoms with van der Waals surface area (Å²) in [6.45, 7) is 1.69. The zero-order chi connectivity index (χ0) is 13.8. The summed E-state index contributed by atoms with van der Waals surface area (Å²) in [6.07, 6.45) is 1.66. The molecule has 18 heavy (non-hydrogen) atoms. The van der Waals surface area contributed by atoms with Crippen LogP contribution in [0.1, 0.15) is 13.3 Å². The predicted octanol–water partition coefficient (Wildman–Crippen LogP) is 1.05. The van der Waals surface area contributed by atoms with E-state index in [0.29, 0.717) is 5.82 Å². The summed E-state index contributed by atoms with van der Waals surface area (Å²) in [6, 6.07) is 4.63. The standard InChI is InChI=1S/C11H16N4O2S/c1-9(6-7-12)15(3)18(16,17)10-5-4-8-14-11(10)13-2/h4-5,8-9H,6H2,1-3H3,(H,13,14). The lowest BCUT2D eigenvalue weighted by molar-refractivity contribution is 0.393. The van der Waals surface area contributed by atoms with E-state index < -0.39 is 10.0 Å². The van der Waals surface area contributed by atoms with Gasteiger partial charge in [0.2, 0.25) is 10.0 Å². The molecule has 6 nitrogen and oxygen atoms in total. The highest BCUT2D eigenvalue weighted by Gasteiger charge is 2.27. The molecule has 98 valence electrons. The van der Waals surface area contributed by atoms with Gasteiger partial charge in [-0.25, -0.2) is 13.4 Å². The predicted molar refractivity (Wildman–Crippen MR) is 68.4 cm³/mol. The summed E-state index contributed by atoms with van der Waals surface area (Å²) in [4.78, 5) is 4.08. The lowest BCUT2D eigenvalue weighted by Crippen LogP contribution is -2.35. The molecule has 0 saturated carbocycles. The van der Waals surface area contributed by atoms with Gasteiger partial charge in [-0.15, -0.1) is 0 Å². The van der Waals surface area contributed by atoms with Gasteiger partial charge in [-0.2, -0.15) is 9.57 Å². The van der Waals surface area contributed by atoms with E-state index in [1.54, 1.807) is 20.0 Å². The number of hydrogen-bond acceptors (Lipinski definition) is 5. The maximum absolute atomic E-state index is 12.4. The van der Waals surface area contributed by atoms with Crippen molar-refractivity contribution in [3.63, 3.8) is 0 Å². The van der Waals surface area contributed by atoms with Crippen molar-refractivity contribution in [1.29, 1.82) is 5.26 Å². The molecule has 0 aliphatic heterocycles. The van der Waals surface area contributed by atoms with Crippen LogP contribution in [0.4, 0.5) is 5.82 Å². The van der Waals surface area contributed by atoms with Crippen LogP contribution < -0.4 is 5.32 Å². The van der Waals surface area contributed by atoms with Crippen LogP contribution in [0, 0.1) is 11.3 Å². The quantitative estimate of drug-likeness (QED) is 0.862. The van der Waals surface area contributed by atoms with Gasteiger partial charge in [0.05, 0.1) is 12.5 Å². The summed E-state index contributed by atoms with van der Waals surface area (Å²) in [5.41, 5.74) is 0. The molecule has 0 fully saturated rings. The number of hydrogen-bond donors (Lipinski definition) is 1. The number of anilines is 1. The first-order valence-electron chi connectivity index (χ1n) is 5.43. The van der Waals surface area contributed by atoms with Gasteiger partial charge in [-0.3, -0.25) is 0 Å². The minimum Gasteiger partial charge on any atom is -0.372 e. The lowest BCUT2D eigenvalue weighted by Gasteiger charge is -2.23. The molecule has 1 unspecified atom stereocenters. The van der Waals surface area contributed by atoms with E-state index in [2.05, 4.69) is 10.3 Å². The Morgan fingerprint density at radius 1 is 1.61 bits per heavy atom. The maximum Gasteiger partial charge on any atom is 0.246 e. The molecule has 1 aromatic heterocycles. The Balaban J connectivity index is 3.18. The molecular weight excluding hydrogens is 252 g/mol. The van der Waals surface area contributed by atoms with Crippen LogP contribution in [-0.2, 0) is 10.0 Å². The van der Waals surface area contributed by atoms with Crippen LogP contribution in [0.2, 0.25) is 0 Å². The first-order valence-corrected chi connectivity index (χ1v) is 6.87. The van der Waals surface area contributed by atoms with Crippen molar-refractivity contribution in [3.05, 3.63) is 18.3 Å². The van der Waals surface area contributed by atoms with Crippen LogP contribution >= 0.6 is 0 Å². The molecule has 0 radical (unpaired) electrons. The summed E-state index contributed by atoms with van der Waals surface area (Å²) >= 11 is 0. The molecule has 0 aliphatic rings. The highest BCUT2D eigenvalue weighted by molar-refractivity contribution is 7.89. The van der Waals surface area contributed by atoms with Gasteiger partial charge < -0.3 is 5.32 Å². The van der Waals surface area contributed by atoms with Crippen LogP contribution in [0.25, 0.3) is 0 Å². The Bertz CT molecular complexity index is 550. The average Bonchev–Trinajstić information content (AvgIpc) is 2.38. The van der Waals surface area contributed by atoms with Gasteiger partial charge in [-0.1, -0.05) is 0 Å². The largest absolute Gasteiger partial charge is 0.372 e. The van der Waals surface area contributed by atoms with Crippen molar-refractivity contribution in [3.8, 4) is 6.07 Å². The molecule has 1 rings (SSSR count). The highest BCUT2D eigenvalue weighted by atomic mass is 32.2. The summed E-state index contributed by atoms with van der Waals surface area (Å²) in [5.74, 6) is 0.300. The van der Waals surface area contributed by atoms with E-state index in [-0.39, 0.29) is 17.4 Å². The van der Waals surface area contributed by atoms with Crippen LogP contribution in [0.5, 0.6) is 0 Å². The number of nitrogens with zero attached hydrogens (tertiary/aromatic N) is 3. The van der Waals surface area contributed by atoms with Crippen molar-refractivity contribution in [2.24, 2.45) is 0 Å². The van der Waals surface area contributed by atoms with Crippen molar-refractivity contribution < 1.29 is 8.42 Å². The summed E-state index contributed by atoms with van der Waals surface area (Å²) < 4.78 is 25.9. The normalized spacial score (nSPS) is 13.1. The number of rotatable bonds is 5. The van der Waals surface area contributed by atoms with E-state index in [0.717, 1.165) is 0 Å². The van der Waals surface area contributed by atoms with Gasteiger partial charge in [0.15, 0.2) is 0 Å². The highest BCUT2D eigenvalue weighted by Crippen LogP contribution is 2.22. The summed E-state index contributed by atoms with van der Waals surface area (Å²) in [5, 5.41) is 11.4. The molecule has 0 saturated heterocycles. The fraction of sp³-hybridized carbons (Fsp3) is 0.455. The van der Waals surface area contributed by atoms with Crippen molar-refractivity contribution >= 4 is 15.8 Å². The molecule has 0 bridgehead atoms. The fourth-order valence-electron chi connectivity index (χ4n) is 1.44. The third-order valence-electron chi connectivity index (χ3n) is 2.67. The van der Waals surface area contributed by atoms with E-state index in [1.165, 1.54) is 23.6 Å². The van der Waals surface area contributed by atoms with Gasteiger partial charge >= 0.3 is 0 Å². The zero-order valence-electron chi connectivity index (χ0n) is 10.6. The maximum atomic E-state index is 12.4. The Morgan fingerprint density at radius 2 is 2.28 bits per heavy atom. The molecule has 1 heterocycles. The fourth-order valence-corrected chi connectivity index (χ4v) is 2.95. The lowest BCUT2D eigenvalue weighted by atomic mass is 10.3. The topological polar surface area (TPSA) is 86.1 Å². The third-order valence-corrected chi connectivity index (χ3v) is 4.68. The smallest absolute Gasteiger partial charge is 0.246 e. The molecule has 1 aromatic rings. The van der Waals surface area contributed by atoms with Crippen LogP contribution in [0.3, 0.4) is 0 Å². The van der Waals surface area contributed by atoms with Crippen LogP contribution in [0.15, 0.2) is 23.2 Å². The third kappa shape index (κ3) is 2.78. The van der Waals surface area contributed by atoms with E-state index in [9.17, 15) is 8.42 Å². The summed E-state index contributed by atoms with van der Waals surface area (Å²) in [7, 11) is -0.573. The molecule has 0 aromatic carbocycles. The molecule has 0 spiro atoms. The Morgan fingerprint density at radius 3 is 2.83 bits per heavy atom. The average molecular weight is 268 g/mol. The second kappa shape index (κ2) is 5.80. The number of pyridine rings is 1. The van der Waals surface area contributed by atoms with E-state index >= 15 is 0 Å². The van der Waals surface area contributed by atoms with Gasteiger partial charge in [0, 0.05) is 26.3 Å². The molecule has 7 heteroatoms. The Kier molecular flexibility index (Phi) is 4.64.